The number of nitrogens with zero attached hydrogens (tertiary/aromatic N) is 2. The van der Waals surface area contributed by atoms with E-state index in [1.54, 1.807) is 0 Å². The highest BCUT2D eigenvalue weighted by molar-refractivity contribution is 7.09. The smallest absolute Gasteiger partial charge is 0.203 e. The summed E-state index contributed by atoms with van der Waals surface area (Å²) in [4.78, 5) is 4.50. The molecule has 3 rings (SSSR count). The minimum atomic E-state index is 0.612. The first kappa shape index (κ1) is 11.5. The Balaban J connectivity index is 1.79. The Kier molecular flexibility index (Phi) is 3.15. The van der Waals surface area contributed by atoms with Crippen LogP contribution in [-0.2, 0) is 0 Å². The summed E-state index contributed by atoms with van der Waals surface area (Å²) >= 11 is 1.42. The quantitative estimate of drug-likeness (QED) is 0.898. The Morgan fingerprint density at radius 3 is 3.11 bits per heavy atom. The van der Waals surface area contributed by atoms with Crippen molar-refractivity contribution < 1.29 is 4.74 Å². The second kappa shape index (κ2) is 4.94. The molecule has 4 nitrogen and oxygen atoms in total. The van der Waals surface area contributed by atoms with Crippen LogP contribution >= 0.6 is 11.5 Å². The fourth-order valence-corrected chi connectivity index (χ4v) is 2.36. The maximum Gasteiger partial charge on any atom is 0.203 e. The molecule has 1 N–H and O–H groups in total. The minimum Gasteiger partial charge on any atom is -0.494 e. The van der Waals surface area contributed by atoms with Gasteiger partial charge in [0, 0.05) is 23.1 Å². The molecule has 0 saturated heterocycles. The first-order valence-electron chi connectivity index (χ1n) is 6.18. The van der Waals surface area contributed by atoms with Gasteiger partial charge in [-0.1, -0.05) is 12.1 Å². The van der Waals surface area contributed by atoms with Gasteiger partial charge in [0.2, 0.25) is 5.13 Å². The summed E-state index contributed by atoms with van der Waals surface area (Å²) in [6.07, 6.45) is 2.49. The average molecular weight is 261 g/mol. The standard InChI is InChI=1S/C13H15N3OS/c1-2-17-11-5-3-4-9(8-11)12-15-13(18-16-12)14-10-6-7-10/h3-5,8,10H,2,6-7H2,1H3,(H,14,15,16). The number of hydrogen-bond acceptors (Lipinski definition) is 5. The van der Waals surface area contributed by atoms with Crippen LogP contribution in [-0.4, -0.2) is 22.0 Å². The van der Waals surface area contributed by atoms with Crippen molar-refractivity contribution in [2.45, 2.75) is 25.8 Å². The van der Waals surface area contributed by atoms with E-state index in [0.717, 1.165) is 22.3 Å². The van der Waals surface area contributed by atoms with Gasteiger partial charge in [0.25, 0.3) is 0 Å². The largest absolute Gasteiger partial charge is 0.494 e. The molecule has 1 aromatic carbocycles. The lowest BCUT2D eigenvalue weighted by Crippen LogP contribution is -1.99. The van der Waals surface area contributed by atoms with E-state index in [1.807, 2.05) is 31.2 Å². The second-order valence-corrected chi connectivity index (χ2v) is 5.05. The van der Waals surface area contributed by atoms with Crippen LogP contribution in [0.25, 0.3) is 11.4 Å². The van der Waals surface area contributed by atoms with Crippen LogP contribution in [0.5, 0.6) is 5.75 Å². The third-order valence-corrected chi connectivity index (χ3v) is 3.38. The number of hydrogen-bond donors (Lipinski definition) is 1. The van der Waals surface area contributed by atoms with E-state index in [2.05, 4.69) is 14.7 Å². The van der Waals surface area contributed by atoms with Crippen molar-refractivity contribution in [1.29, 1.82) is 0 Å². The van der Waals surface area contributed by atoms with Crippen LogP contribution in [0.15, 0.2) is 24.3 Å². The highest BCUT2D eigenvalue weighted by Crippen LogP contribution is 2.28. The fourth-order valence-electron chi connectivity index (χ4n) is 1.69. The number of aromatic nitrogens is 2. The molecule has 5 heteroatoms. The molecule has 1 aliphatic carbocycles. The molecule has 0 amide bonds. The molecule has 1 heterocycles. The number of rotatable bonds is 5. The predicted molar refractivity (Wildman–Crippen MR) is 73.2 cm³/mol. The van der Waals surface area contributed by atoms with Crippen LogP contribution in [0.1, 0.15) is 19.8 Å². The summed E-state index contributed by atoms with van der Waals surface area (Å²) in [5.74, 6) is 1.63. The Morgan fingerprint density at radius 2 is 2.33 bits per heavy atom. The van der Waals surface area contributed by atoms with E-state index < -0.39 is 0 Å². The molecule has 1 aromatic heterocycles. The molecule has 1 fully saturated rings. The number of anilines is 1. The van der Waals surface area contributed by atoms with Gasteiger partial charge in [0.15, 0.2) is 5.82 Å². The molecule has 0 radical (unpaired) electrons. The van der Waals surface area contributed by atoms with Crippen LogP contribution in [0.4, 0.5) is 5.13 Å². The van der Waals surface area contributed by atoms with E-state index >= 15 is 0 Å². The molecular weight excluding hydrogens is 246 g/mol. The highest BCUT2D eigenvalue weighted by Gasteiger charge is 2.22. The van der Waals surface area contributed by atoms with Crippen LogP contribution in [0.2, 0.25) is 0 Å². The van der Waals surface area contributed by atoms with Gasteiger partial charge in [-0.2, -0.15) is 9.36 Å². The van der Waals surface area contributed by atoms with Crippen molar-refractivity contribution in [3.8, 4) is 17.1 Å². The van der Waals surface area contributed by atoms with E-state index in [0.29, 0.717) is 12.6 Å². The van der Waals surface area contributed by atoms with E-state index in [1.165, 1.54) is 24.4 Å². The molecule has 0 bridgehead atoms. The molecular formula is C13H15N3OS. The Morgan fingerprint density at radius 1 is 1.44 bits per heavy atom. The zero-order valence-corrected chi connectivity index (χ0v) is 11.0. The molecule has 0 spiro atoms. The highest BCUT2D eigenvalue weighted by atomic mass is 32.1. The van der Waals surface area contributed by atoms with Gasteiger partial charge >= 0.3 is 0 Å². The summed E-state index contributed by atoms with van der Waals surface area (Å²) in [7, 11) is 0. The van der Waals surface area contributed by atoms with Gasteiger partial charge in [-0.3, -0.25) is 0 Å². The molecule has 94 valence electrons. The molecule has 0 aliphatic heterocycles. The first-order valence-corrected chi connectivity index (χ1v) is 6.96. The van der Waals surface area contributed by atoms with E-state index in [9.17, 15) is 0 Å². The zero-order chi connectivity index (χ0) is 12.4. The molecule has 18 heavy (non-hydrogen) atoms. The summed E-state index contributed by atoms with van der Waals surface area (Å²) in [5, 5.41) is 4.27. The van der Waals surface area contributed by atoms with Crippen molar-refractivity contribution in [3.05, 3.63) is 24.3 Å². The summed E-state index contributed by atoms with van der Waals surface area (Å²) in [6.45, 7) is 2.65. The van der Waals surface area contributed by atoms with Crippen molar-refractivity contribution >= 4 is 16.7 Å². The maximum atomic E-state index is 5.48. The predicted octanol–water partition coefficient (Wildman–Crippen LogP) is 3.18. The topological polar surface area (TPSA) is 47.0 Å². The number of ether oxygens (including phenoxy) is 1. The van der Waals surface area contributed by atoms with Crippen molar-refractivity contribution in [2.24, 2.45) is 0 Å². The molecule has 2 aromatic rings. The second-order valence-electron chi connectivity index (χ2n) is 4.30. The van der Waals surface area contributed by atoms with Crippen molar-refractivity contribution in [2.75, 3.05) is 11.9 Å². The Labute approximate surface area is 110 Å². The average Bonchev–Trinajstić information content (AvgIpc) is 3.06. The Bertz CT molecular complexity index is 537. The maximum absolute atomic E-state index is 5.48. The normalized spacial score (nSPS) is 14.5. The third-order valence-electron chi connectivity index (χ3n) is 2.73. The molecule has 1 aliphatic rings. The van der Waals surface area contributed by atoms with Gasteiger partial charge in [-0.15, -0.1) is 0 Å². The number of benzene rings is 1. The van der Waals surface area contributed by atoms with Crippen molar-refractivity contribution in [1.82, 2.24) is 9.36 Å². The monoisotopic (exact) mass is 261 g/mol. The molecule has 1 saturated carbocycles. The lowest BCUT2D eigenvalue weighted by atomic mass is 10.2. The van der Waals surface area contributed by atoms with Crippen LogP contribution in [0.3, 0.4) is 0 Å². The SMILES string of the molecule is CCOc1cccc(-c2nsc(NC3CC3)n2)c1. The van der Waals surface area contributed by atoms with Gasteiger partial charge in [0.1, 0.15) is 5.75 Å². The van der Waals surface area contributed by atoms with Gasteiger partial charge in [0.05, 0.1) is 6.61 Å². The Hall–Kier alpha value is -1.62. The minimum absolute atomic E-state index is 0.612. The van der Waals surface area contributed by atoms with E-state index in [-0.39, 0.29) is 0 Å². The first-order chi connectivity index (χ1) is 8.85. The molecule has 0 atom stereocenters. The van der Waals surface area contributed by atoms with Crippen LogP contribution in [0, 0.1) is 0 Å². The zero-order valence-electron chi connectivity index (χ0n) is 10.2. The van der Waals surface area contributed by atoms with Crippen LogP contribution < -0.4 is 10.1 Å². The van der Waals surface area contributed by atoms with Gasteiger partial charge < -0.3 is 10.1 Å². The molecule has 0 unspecified atom stereocenters. The fraction of sp³-hybridized carbons (Fsp3) is 0.385. The third kappa shape index (κ3) is 2.61. The summed E-state index contributed by atoms with van der Waals surface area (Å²) in [6, 6.07) is 8.51. The lowest BCUT2D eigenvalue weighted by molar-refractivity contribution is 0.340. The summed E-state index contributed by atoms with van der Waals surface area (Å²) < 4.78 is 9.86. The summed E-state index contributed by atoms with van der Waals surface area (Å²) in [5.41, 5.74) is 1.00. The number of nitrogens with one attached hydrogen (secondary N) is 1. The van der Waals surface area contributed by atoms with E-state index in [4.69, 9.17) is 4.74 Å². The lowest BCUT2D eigenvalue weighted by Gasteiger charge is -2.03. The van der Waals surface area contributed by atoms with Crippen molar-refractivity contribution in [3.63, 3.8) is 0 Å². The van der Waals surface area contributed by atoms with Gasteiger partial charge in [-0.05, 0) is 31.9 Å². The van der Waals surface area contributed by atoms with Gasteiger partial charge in [-0.25, -0.2) is 0 Å².